The van der Waals surface area contributed by atoms with Gasteiger partial charge >= 0.3 is 39.5 Å². The molecule has 0 aromatic rings. The summed E-state index contributed by atoms with van der Waals surface area (Å²) >= 11 is 0. The van der Waals surface area contributed by atoms with Gasteiger partial charge in [-0.25, -0.2) is 9.13 Å². The summed E-state index contributed by atoms with van der Waals surface area (Å²) in [6.45, 7) is 7.31. The quantitative estimate of drug-likeness (QED) is 0.0222. The predicted molar refractivity (Wildman–Crippen MR) is 391 cm³/mol. The summed E-state index contributed by atoms with van der Waals surface area (Å²) in [5, 5.41) is 10.6. The molecule has 2 unspecified atom stereocenters. The molecule has 0 spiro atoms. The number of carbonyl (C=O) groups excluding carboxylic acids is 4. The van der Waals surface area contributed by atoms with Crippen LogP contribution >= 0.6 is 15.6 Å². The second-order valence-electron chi connectivity index (χ2n) is 28.2. The van der Waals surface area contributed by atoms with Crippen molar-refractivity contribution in [3.8, 4) is 0 Å². The van der Waals surface area contributed by atoms with E-state index in [-0.39, 0.29) is 25.7 Å². The minimum atomic E-state index is -4.96. The van der Waals surface area contributed by atoms with Gasteiger partial charge in [0.1, 0.15) is 19.3 Å². The van der Waals surface area contributed by atoms with E-state index in [1.807, 2.05) is 0 Å². The molecule has 0 aliphatic carbocycles. The van der Waals surface area contributed by atoms with Crippen molar-refractivity contribution in [3.05, 3.63) is 0 Å². The number of hydrogen-bond acceptors (Lipinski definition) is 15. The maximum absolute atomic E-state index is 13.1. The maximum atomic E-state index is 13.1. The van der Waals surface area contributed by atoms with Crippen molar-refractivity contribution in [3.63, 3.8) is 0 Å². The molecule has 570 valence electrons. The first-order chi connectivity index (χ1) is 46.5. The van der Waals surface area contributed by atoms with Gasteiger partial charge in [-0.2, -0.15) is 0 Å². The minimum Gasteiger partial charge on any atom is -0.462 e. The van der Waals surface area contributed by atoms with Crippen LogP contribution in [0.2, 0.25) is 0 Å². The Labute approximate surface area is 588 Å². The van der Waals surface area contributed by atoms with Crippen LogP contribution in [-0.2, 0) is 65.4 Å². The van der Waals surface area contributed by atoms with Crippen molar-refractivity contribution in [2.75, 3.05) is 39.6 Å². The molecular weight excluding hydrogens is 1260 g/mol. The molecule has 0 radical (unpaired) electrons. The van der Waals surface area contributed by atoms with Crippen LogP contribution in [0.5, 0.6) is 0 Å². The first-order valence-electron chi connectivity index (χ1n) is 40.1. The third kappa shape index (κ3) is 70.5. The standard InChI is InChI=1S/C77H150O17P2/c1-6-9-12-15-18-21-24-26-27-28-29-30-31-32-38-43-48-53-58-63-77(82)94-73(67-88-75(80)61-56-51-46-41-37-34-33-35-39-44-49-54-59-70(4)5)69-92-96(85,86)90-65-71(78)64-89-95(83,84)91-68-72(66-87-74(79)60-55-50-45-40-23-20-17-14-11-8-3)93-76(81)62-57-52-47-42-36-25-22-19-16-13-10-7-2/h70-73,78H,6-69H2,1-5H3,(H,83,84)(H,85,86)/t71-,72+,73+/m0/s1. The van der Waals surface area contributed by atoms with Crippen molar-refractivity contribution >= 4 is 39.5 Å². The van der Waals surface area contributed by atoms with Crippen molar-refractivity contribution in [2.45, 2.75) is 425 Å². The van der Waals surface area contributed by atoms with Gasteiger partial charge in [-0.15, -0.1) is 0 Å². The van der Waals surface area contributed by atoms with Gasteiger partial charge in [0, 0.05) is 25.7 Å². The number of phosphoric acid groups is 2. The number of carbonyl (C=O) groups is 4. The summed E-state index contributed by atoms with van der Waals surface area (Å²) < 4.78 is 68.5. The molecule has 0 aliphatic heterocycles. The third-order valence-corrected chi connectivity index (χ3v) is 19.9. The average Bonchev–Trinajstić information content (AvgIpc) is 1.30. The van der Waals surface area contributed by atoms with Gasteiger partial charge in [-0.3, -0.25) is 37.3 Å². The van der Waals surface area contributed by atoms with Crippen LogP contribution in [0.3, 0.4) is 0 Å². The zero-order valence-electron chi connectivity index (χ0n) is 62.5. The molecule has 5 atom stereocenters. The summed E-state index contributed by atoms with van der Waals surface area (Å²) in [6.07, 6.45) is 59.6. The van der Waals surface area contributed by atoms with E-state index in [1.165, 1.54) is 231 Å². The fourth-order valence-electron chi connectivity index (χ4n) is 11.9. The highest BCUT2D eigenvalue weighted by atomic mass is 31.2. The second kappa shape index (κ2) is 70.1. The molecule has 0 rings (SSSR count). The number of aliphatic hydroxyl groups excluding tert-OH is 1. The van der Waals surface area contributed by atoms with Crippen LogP contribution in [0.15, 0.2) is 0 Å². The van der Waals surface area contributed by atoms with Crippen LogP contribution < -0.4 is 0 Å². The molecule has 0 saturated carbocycles. The summed E-state index contributed by atoms with van der Waals surface area (Å²) in [4.78, 5) is 72.8. The topological polar surface area (TPSA) is 237 Å². The molecule has 0 bridgehead atoms. The Bertz CT molecular complexity index is 1840. The van der Waals surface area contributed by atoms with E-state index in [2.05, 4.69) is 34.6 Å². The van der Waals surface area contributed by atoms with E-state index in [0.29, 0.717) is 25.7 Å². The van der Waals surface area contributed by atoms with E-state index < -0.39 is 97.5 Å². The van der Waals surface area contributed by atoms with Gasteiger partial charge in [0.05, 0.1) is 26.4 Å². The largest absolute Gasteiger partial charge is 0.472 e. The summed E-state index contributed by atoms with van der Waals surface area (Å²) in [5.41, 5.74) is 0. The van der Waals surface area contributed by atoms with E-state index >= 15 is 0 Å². The molecule has 3 N–H and O–H groups in total. The molecule has 0 amide bonds. The molecule has 0 heterocycles. The minimum absolute atomic E-state index is 0.108. The fraction of sp³-hybridized carbons (Fsp3) is 0.948. The van der Waals surface area contributed by atoms with E-state index in [1.54, 1.807) is 0 Å². The Morgan fingerprint density at radius 2 is 0.479 bits per heavy atom. The number of unbranched alkanes of at least 4 members (excludes halogenated alkanes) is 49. The molecule has 96 heavy (non-hydrogen) atoms. The highest BCUT2D eigenvalue weighted by Crippen LogP contribution is 2.45. The lowest BCUT2D eigenvalue weighted by molar-refractivity contribution is -0.161. The molecule has 17 nitrogen and oxygen atoms in total. The van der Waals surface area contributed by atoms with Gasteiger partial charge in [0.15, 0.2) is 12.2 Å². The first kappa shape index (κ1) is 94.1. The molecule has 19 heteroatoms. The van der Waals surface area contributed by atoms with Gasteiger partial charge in [-0.05, 0) is 31.6 Å². The zero-order chi connectivity index (χ0) is 70.5. The molecule has 0 fully saturated rings. The molecule has 0 saturated heterocycles. The lowest BCUT2D eigenvalue weighted by atomic mass is 10.0. The average molecular weight is 1410 g/mol. The van der Waals surface area contributed by atoms with Crippen LogP contribution in [0.4, 0.5) is 0 Å². The Morgan fingerprint density at radius 1 is 0.281 bits per heavy atom. The number of aliphatic hydroxyl groups is 1. The number of hydrogen-bond donors (Lipinski definition) is 3. The lowest BCUT2D eigenvalue weighted by Gasteiger charge is -2.21. The Hall–Kier alpha value is -1.94. The maximum Gasteiger partial charge on any atom is 0.472 e. The number of esters is 4. The fourth-order valence-corrected chi connectivity index (χ4v) is 13.5. The molecule has 0 aromatic carbocycles. The van der Waals surface area contributed by atoms with Crippen LogP contribution in [0, 0.1) is 5.92 Å². The third-order valence-electron chi connectivity index (χ3n) is 18.0. The van der Waals surface area contributed by atoms with E-state index in [9.17, 15) is 43.2 Å². The highest BCUT2D eigenvalue weighted by molar-refractivity contribution is 7.47. The van der Waals surface area contributed by atoms with Crippen LogP contribution in [0.25, 0.3) is 0 Å². The number of phosphoric ester groups is 2. The van der Waals surface area contributed by atoms with Crippen molar-refractivity contribution in [2.24, 2.45) is 5.92 Å². The van der Waals surface area contributed by atoms with Gasteiger partial charge in [-0.1, -0.05) is 356 Å². The van der Waals surface area contributed by atoms with E-state index in [0.717, 1.165) is 95.8 Å². The SMILES string of the molecule is CCCCCCCCCCCCCCCCCCCCCC(=O)O[C@H](COC(=O)CCCCCCCCCCCCCCC(C)C)COP(=O)(O)OC[C@@H](O)COP(=O)(O)OC[C@@H](COC(=O)CCCCCCCCCCCC)OC(=O)CCCCCCCCCCCCCC. The Balaban J connectivity index is 5.22. The van der Waals surface area contributed by atoms with Gasteiger partial charge in [0.25, 0.3) is 0 Å². The van der Waals surface area contributed by atoms with Crippen LogP contribution in [-0.4, -0.2) is 96.7 Å². The van der Waals surface area contributed by atoms with Gasteiger partial charge in [0.2, 0.25) is 0 Å². The Morgan fingerprint density at radius 3 is 0.708 bits per heavy atom. The van der Waals surface area contributed by atoms with Crippen LogP contribution in [0.1, 0.15) is 407 Å². The zero-order valence-corrected chi connectivity index (χ0v) is 64.3. The van der Waals surface area contributed by atoms with Crippen molar-refractivity contribution in [1.29, 1.82) is 0 Å². The highest BCUT2D eigenvalue weighted by Gasteiger charge is 2.30. The van der Waals surface area contributed by atoms with Crippen molar-refractivity contribution in [1.82, 2.24) is 0 Å². The Kier molecular flexibility index (Phi) is 68.7. The van der Waals surface area contributed by atoms with Crippen molar-refractivity contribution < 1.29 is 80.2 Å². The smallest absolute Gasteiger partial charge is 0.462 e. The first-order valence-corrected chi connectivity index (χ1v) is 43.1. The summed E-state index contributed by atoms with van der Waals surface area (Å²) in [7, 11) is -9.91. The normalized spacial score (nSPS) is 13.9. The second-order valence-corrected chi connectivity index (χ2v) is 31.1. The molecule has 0 aliphatic rings. The lowest BCUT2D eigenvalue weighted by Crippen LogP contribution is -2.30. The number of ether oxygens (including phenoxy) is 4. The van der Waals surface area contributed by atoms with Gasteiger partial charge < -0.3 is 33.8 Å². The summed E-state index contributed by atoms with van der Waals surface area (Å²) in [6, 6.07) is 0. The number of rotatable bonds is 77. The summed E-state index contributed by atoms with van der Waals surface area (Å²) in [5.74, 6) is -1.33. The van der Waals surface area contributed by atoms with E-state index in [4.69, 9.17) is 37.0 Å². The molecule has 0 aromatic heterocycles. The predicted octanol–water partition coefficient (Wildman–Crippen LogP) is 22.9. The monoisotopic (exact) mass is 1410 g/mol. The molecular formula is C77H150O17P2.